The highest BCUT2D eigenvalue weighted by molar-refractivity contribution is 6.13. The molecule has 332 valence electrons. The Morgan fingerprint density at radius 2 is 1.45 bits per heavy atom. The number of morpholine rings is 2. The van der Waals surface area contributed by atoms with Gasteiger partial charge in [-0.05, 0) is 101 Å². The first kappa shape index (κ1) is 42.5. The molecule has 3 saturated heterocycles. The smallest absolute Gasteiger partial charge is 0.324 e. The van der Waals surface area contributed by atoms with Gasteiger partial charge in [0, 0.05) is 41.3 Å². The van der Waals surface area contributed by atoms with Crippen LogP contribution in [0.25, 0.3) is 0 Å². The third-order valence-electron chi connectivity index (χ3n) is 13.1. The third-order valence-corrected chi connectivity index (χ3v) is 13.1. The van der Waals surface area contributed by atoms with E-state index in [1.165, 1.54) is 0 Å². The lowest BCUT2D eigenvalue weighted by Gasteiger charge is -2.46. The SMILES string of the molecule is COc1ccc(C#Cc2ccc3c(c2)[C@]2(C(=O)N3)[C@@H](C(=O)Nc3ccc(N4CCOCC4)cc3)C3C(=O)O[C@H](c4ccccc4)[C@H](c4ccccc4)N3[C@@H]2c2cccc(OCCO)c2)cc1. The van der Waals surface area contributed by atoms with E-state index in [0.29, 0.717) is 52.8 Å². The molecule has 0 saturated carbocycles. The Kier molecular flexibility index (Phi) is 11.7. The summed E-state index contributed by atoms with van der Waals surface area (Å²) in [7, 11) is 1.61. The lowest BCUT2D eigenvalue weighted by atomic mass is 9.65. The molecule has 12 nitrogen and oxygen atoms in total. The lowest BCUT2D eigenvalue weighted by Crippen LogP contribution is -2.53. The largest absolute Gasteiger partial charge is 0.497 e. The van der Waals surface area contributed by atoms with Crippen LogP contribution in [0.2, 0.25) is 0 Å². The maximum Gasteiger partial charge on any atom is 0.324 e. The van der Waals surface area contributed by atoms with Gasteiger partial charge in [0.15, 0.2) is 0 Å². The molecule has 0 aliphatic carbocycles. The van der Waals surface area contributed by atoms with Gasteiger partial charge < -0.3 is 39.6 Å². The number of methoxy groups -OCH3 is 1. The van der Waals surface area contributed by atoms with Gasteiger partial charge in [-0.15, -0.1) is 0 Å². The van der Waals surface area contributed by atoms with Gasteiger partial charge in [-0.2, -0.15) is 0 Å². The van der Waals surface area contributed by atoms with Crippen LogP contribution in [0.1, 0.15) is 51.6 Å². The second kappa shape index (κ2) is 18.2. The van der Waals surface area contributed by atoms with E-state index in [0.717, 1.165) is 35.5 Å². The molecule has 3 fully saturated rings. The maximum absolute atomic E-state index is 15.7. The molecule has 0 aromatic heterocycles. The van der Waals surface area contributed by atoms with E-state index < -0.39 is 53.3 Å². The zero-order valence-corrected chi connectivity index (χ0v) is 36.3. The molecule has 66 heavy (non-hydrogen) atoms. The molecule has 1 spiro atoms. The van der Waals surface area contributed by atoms with Crippen molar-refractivity contribution in [3.63, 3.8) is 0 Å². The molecule has 0 bridgehead atoms. The summed E-state index contributed by atoms with van der Waals surface area (Å²) in [6.07, 6.45) is -0.828. The average molecular weight is 881 g/mol. The molecular formula is C54H48N4O8. The highest BCUT2D eigenvalue weighted by atomic mass is 16.6. The van der Waals surface area contributed by atoms with Crippen LogP contribution in [0, 0.1) is 17.8 Å². The molecule has 12 heteroatoms. The van der Waals surface area contributed by atoms with E-state index in [-0.39, 0.29) is 13.2 Å². The third kappa shape index (κ3) is 7.71. The molecule has 6 atom stereocenters. The van der Waals surface area contributed by atoms with Gasteiger partial charge in [-0.3, -0.25) is 19.3 Å². The predicted molar refractivity (Wildman–Crippen MR) is 249 cm³/mol. The lowest BCUT2D eigenvalue weighted by molar-refractivity contribution is -0.177. The van der Waals surface area contributed by atoms with Crippen molar-refractivity contribution >= 4 is 34.8 Å². The fourth-order valence-electron chi connectivity index (χ4n) is 10.2. The molecule has 3 N–H and O–H groups in total. The summed E-state index contributed by atoms with van der Waals surface area (Å²) in [5.41, 5.74) is 4.34. The number of rotatable bonds is 10. The first-order valence-corrected chi connectivity index (χ1v) is 22.1. The van der Waals surface area contributed by atoms with Crippen LogP contribution in [-0.2, 0) is 29.3 Å². The number of fused-ring (bicyclic) bond motifs is 3. The summed E-state index contributed by atoms with van der Waals surface area (Å²) < 4.78 is 23.5. The Bertz CT molecular complexity index is 2810. The topological polar surface area (TPSA) is 139 Å². The fraction of sp³-hybridized carbons (Fsp3) is 0.241. The van der Waals surface area contributed by atoms with E-state index in [9.17, 15) is 5.11 Å². The van der Waals surface area contributed by atoms with Crippen molar-refractivity contribution in [3.8, 4) is 23.3 Å². The summed E-state index contributed by atoms with van der Waals surface area (Å²) in [4.78, 5) is 50.9. The summed E-state index contributed by atoms with van der Waals surface area (Å²) >= 11 is 0. The monoisotopic (exact) mass is 880 g/mol. The van der Waals surface area contributed by atoms with E-state index in [2.05, 4.69) is 27.4 Å². The Morgan fingerprint density at radius 1 is 0.773 bits per heavy atom. The number of aliphatic hydroxyl groups is 1. The van der Waals surface area contributed by atoms with Gasteiger partial charge in [-0.25, -0.2) is 0 Å². The standard InChI is InChI=1S/C54H48N4O8/c1-63-42-24-17-35(18-25-42)15-16-36-19-26-45-44(33-36)54(53(62)56-45)46(51(60)55-40-20-22-41(23-21-40)57-27-30-64-31-28-57)48-52(61)66-49(38-11-6-3-7-12-38)47(37-9-4-2-5-10-37)58(48)50(54)39-13-8-14-43(34-39)65-32-29-59/h2-14,17-26,33-34,46-50,59H,27-32H2,1H3,(H,55,60)(H,56,62)/t46-,47+,48?,49-,50-,54+/m1/s1. The summed E-state index contributed by atoms with van der Waals surface area (Å²) in [6.45, 7) is 2.57. The zero-order valence-electron chi connectivity index (χ0n) is 36.3. The predicted octanol–water partition coefficient (Wildman–Crippen LogP) is 7.21. The number of anilines is 3. The molecule has 10 rings (SSSR count). The Balaban J connectivity index is 1.19. The Morgan fingerprint density at radius 3 is 2.17 bits per heavy atom. The van der Waals surface area contributed by atoms with Crippen LogP contribution in [0.5, 0.6) is 11.5 Å². The van der Waals surface area contributed by atoms with Gasteiger partial charge in [0.05, 0.1) is 44.9 Å². The maximum atomic E-state index is 15.7. The fourth-order valence-corrected chi connectivity index (χ4v) is 10.2. The second-order valence-electron chi connectivity index (χ2n) is 16.7. The van der Waals surface area contributed by atoms with E-state index in [4.69, 9.17) is 18.9 Å². The number of amides is 2. The van der Waals surface area contributed by atoms with Crippen molar-refractivity contribution in [2.24, 2.45) is 5.92 Å². The van der Waals surface area contributed by atoms with Crippen molar-refractivity contribution in [3.05, 3.63) is 185 Å². The van der Waals surface area contributed by atoms with Gasteiger partial charge in [0.2, 0.25) is 11.8 Å². The number of nitrogens with one attached hydrogen (secondary N) is 2. The van der Waals surface area contributed by atoms with Crippen molar-refractivity contribution in [1.29, 1.82) is 0 Å². The first-order valence-electron chi connectivity index (χ1n) is 22.1. The molecule has 2 amide bonds. The quantitative estimate of drug-likeness (QED) is 0.0956. The number of carbonyl (C=O) groups excluding carboxylic acids is 3. The zero-order chi connectivity index (χ0) is 45.2. The van der Waals surface area contributed by atoms with E-state index in [1.54, 1.807) is 13.2 Å². The van der Waals surface area contributed by atoms with Crippen LogP contribution in [-0.4, -0.2) is 80.5 Å². The summed E-state index contributed by atoms with van der Waals surface area (Å²) in [5, 5.41) is 16.1. The molecule has 4 aliphatic heterocycles. The van der Waals surface area contributed by atoms with Crippen molar-refractivity contribution in [2.75, 3.05) is 62.2 Å². The van der Waals surface area contributed by atoms with Gasteiger partial charge in [-0.1, -0.05) is 84.6 Å². The number of ether oxygens (including phenoxy) is 4. The second-order valence-corrected chi connectivity index (χ2v) is 16.7. The number of nitrogens with zero attached hydrogens (tertiary/aromatic N) is 2. The van der Waals surface area contributed by atoms with Gasteiger partial charge in [0.25, 0.3) is 0 Å². The van der Waals surface area contributed by atoms with Gasteiger partial charge >= 0.3 is 5.97 Å². The Labute approximate surface area is 383 Å². The minimum Gasteiger partial charge on any atom is -0.497 e. The van der Waals surface area contributed by atoms with Crippen LogP contribution in [0.4, 0.5) is 17.1 Å². The van der Waals surface area contributed by atoms with Crippen LogP contribution < -0.4 is 25.0 Å². The molecule has 4 heterocycles. The number of benzene rings is 6. The van der Waals surface area contributed by atoms with Crippen molar-refractivity contribution in [2.45, 2.75) is 29.6 Å². The molecule has 6 aromatic rings. The average Bonchev–Trinajstić information content (AvgIpc) is 3.85. The number of hydrogen-bond acceptors (Lipinski definition) is 10. The summed E-state index contributed by atoms with van der Waals surface area (Å²) in [5.74, 6) is 4.75. The highest BCUT2D eigenvalue weighted by Gasteiger charge is 2.74. The highest BCUT2D eigenvalue weighted by Crippen LogP contribution is 2.65. The van der Waals surface area contributed by atoms with Crippen LogP contribution >= 0.6 is 0 Å². The normalized spacial score (nSPS) is 23.2. The van der Waals surface area contributed by atoms with E-state index in [1.807, 2.05) is 150 Å². The number of carbonyl (C=O) groups is 3. The van der Waals surface area contributed by atoms with Crippen molar-refractivity contribution < 1.29 is 38.4 Å². The molecule has 6 aromatic carbocycles. The molecular weight excluding hydrogens is 833 g/mol. The minimum atomic E-state index is -1.75. The van der Waals surface area contributed by atoms with E-state index >= 15 is 14.4 Å². The molecule has 4 aliphatic rings. The molecule has 1 unspecified atom stereocenters. The number of hydrogen-bond donors (Lipinski definition) is 3. The molecule has 0 radical (unpaired) electrons. The van der Waals surface area contributed by atoms with Crippen LogP contribution in [0.3, 0.4) is 0 Å². The van der Waals surface area contributed by atoms with Crippen molar-refractivity contribution in [1.82, 2.24) is 4.90 Å². The Hall–Kier alpha value is -7.43. The number of cyclic esters (lactones) is 1. The van der Waals surface area contributed by atoms with Crippen LogP contribution in [0.15, 0.2) is 152 Å². The number of esters is 1. The minimum absolute atomic E-state index is 0.0373. The number of aliphatic hydroxyl groups excluding tert-OH is 1. The summed E-state index contributed by atoms with van der Waals surface area (Å²) in [6, 6.07) is 44.3. The first-order chi connectivity index (χ1) is 32.4. The van der Waals surface area contributed by atoms with Gasteiger partial charge in [0.1, 0.15) is 35.7 Å².